The van der Waals surface area contributed by atoms with Crippen LogP contribution in [0.25, 0.3) is 0 Å². The minimum atomic E-state index is -2.42. The molecule has 2 amide bonds. The summed E-state index contributed by atoms with van der Waals surface area (Å²) >= 11 is 0. The summed E-state index contributed by atoms with van der Waals surface area (Å²) in [7, 11) is 1.91. The summed E-state index contributed by atoms with van der Waals surface area (Å²) in [4.78, 5) is 71.8. The molecule has 5 rings (SSSR count). The minimum absolute atomic E-state index is 0. The van der Waals surface area contributed by atoms with Crippen LogP contribution < -0.4 is 16.0 Å². The molecular weight excluding hydrogens is 1680 g/mol. The maximum Gasteiger partial charge on any atom is 0.335 e. The van der Waals surface area contributed by atoms with Gasteiger partial charge in [-0.1, -0.05) is 103 Å². The molecule has 128 heavy (non-hydrogen) atoms. The Balaban J connectivity index is -0.000000103. The van der Waals surface area contributed by atoms with E-state index < -0.39 is 209 Å². The zero-order chi connectivity index (χ0) is 94.3. The van der Waals surface area contributed by atoms with Gasteiger partial charge >= 0.3 is 17.9 Å². The molecule has 5 aliphatic heterocycles. The van der Waals surface area contributed by atoms with Gasteiger partial charge in [-0.25, -0.2) is 14.4 Å². The van der Waals surface area contributed by atoms with E-state index in [0.29, 0.717) is 32.3 Å². The van der Waals surface area contributed by atoms with E-state index in [-0.39, 0.29) is 78.5 Å². The second-order valence-electron chi connectivity index (χ2n) is 29.7. The third-order valence-electron chi connectivity index (χ3n) is 19.9. The van der Waals surface area contributed by atoms with Crippen molar-refractivity contribution in [2.45, 2.75) is 327 Å². The average Bonchev–Trinajstić information content (AvgIpc) is 0.762. The van der Waals surface area contributed by atoms with Gasteiger partial charge in [-0.2, -0.15) is 0 Å². The Bertz CT molecular complexity index is 4390. The molecule has 21 N–H and O–H groups in total. The van der Waals surface area contributed by atoms with Gasteiger partial charge in [-0.3, -0.25) is 9.59 Å². The number of Topliss-reactive ketones (excluding diaryl/α,β-unsaturated/α-hetero) is 1. The summed E-state index contributed by atoms with van der Waals surface area (Å²) in [6.45, 7) is 4.92. The fraction of sp³-hybridized carbons (Fsp3) is 0.667. The molecule has 0 bridgehead atoms. The summed E-state index contributed by atoms with van der Waals surface area (Å²) in [6, 6.07) is -1.21. The number of aliphatic hydroxyl groups excluding tert-OH is 15. The van der Waals surface area contributed by atoms with E-state index in [0.717, 1.165) is 51.5 Å². The smallest absolute Gasteiger partial charge is 0.335 e. The minimum Gasteiger partial charge on any atom is -0.479 e. The number of aliphatic carboxylic acids is 3. The molecular formula is C90H165N3O35. The lowest BCUT2D eigenvalue weighted by atomic mass is 9.95. The van der Waals surface area contributed by atoms with Gasteiger partial charge in [0.2, 0.25) is 5.91 Å². The first-order valence-electron chi connectivity index (χ1n) is 42.0. The van der Waals surface area contributed by atoms with Crippen LogP contribution in [0.3, 0.4) is 0 Å². The van der Waals surface area contributed by atoms with E-state index in [2.05, 4.69) is 165 Å². The molecule has 750 valence electrons. The Labute approximate surface area is 779 Å². The Morgan fingerprint density at radius 2 is 0.828 bits per heavy atom. The molecule has 0 aromatic carbocycles. The van der Waals surface area contributed by atoms with Gasteiger partial charge < -0.3 is 165 Å². The van der Waals surface area contributed by atoms with Gasteiger partial charge in [-0.05, 0) is 154 Å². The molecule has 0 aliphatic carbocycles. The van der Waals surface area contributed by atoms with Crippen molar-refractivity contribution in [1.29, 1.82) is 0 Å². The second kappa shape index (κ2) is 63.6. The van der Waals surface area contributed by atoms with E-state index in [1.165, 1.54) is 58.3 Å². The van der Waals surface area contributed by atoms with Gasteiger partial charge in [0.05, 0.1) is 38.6 Å². The number of hydrogen-bond acceptors (Lipinski definition) is 33. The Morgan fingerprint density at radius 3 is 1.35 bits per heavy atom. The predicted molar refractivity (Wildman–Crippen MR) is 497 cm³/mol. The average molecular weight is 1850 g/mol. The number of aliphatic hydroxyl groups is 15. The highest BCUT2D eigenvalue weighted by Gasteiger charge is 2.58. The van der Waals surface area contributed by atoms with Crippen LogP contribution >= 0.6 is 0 Å². The van der Waals surface area contributed by atoms with Crippen molar-refractivity contribution in [3.8, 4) is 142 Å². The fourth-order valence-corrected chi connectivity index (χ4v) is 13.0. The highest BCUT2D eigenvalue weighted by atomic mass is 16.8. The van der Waals surface area contributed by atoms with Crippen LogP contribution in [-0.4, -0.2) is 352 Å². The van der Waals surface area contributed by atoms with Crippen LogP contribution in [-0.2, 0) is 80.9 Å². The topological polar surface area (TPSA) is 604 Å². The molecule has 38 nitrogen and oxygen atoms in total. The largest absolute Gasteiger partial charge is 0.479 e. The molecule has 0 aromatic rings. The van der Waals surface area contributed by atoms with Crippen molar-refractivity contribution in [2.24, 2.45) is 0 Å². The van der Waals surface area contributed by atoms with Crippen molar-refractivity contribution in [3.63, 3.8) is 0 Å². The van der Waals surface area contributed by atoms with Crippen molar-refractivity contribution in [1.82, 2.24) is 16.0 Å². The summed E-state index contributed by atoms with van der Waals surface area (Å²) < 4.78 is 59.8. The Hall–Kier alpha value is -9.34. The lowest BCUT2D eigenvalue weighted by molar-refractivity contribution is -0.382. The highest BCUT2D eigenvalue weighted by molar-refractivity contribution is 5.94. The maximum atomic E-state index is 12.9. The zero-order valence-electron chi connectivity index (χ0n) is 71.5. The highest BCUT2D eigenvalue weighted by Crippen LogP contribution is 2.36. The molecule has 5 heterocycles. The standard InChI is InChI=1S/C57H66N2O9.C33H51NO26.24H2/c1-4-6-8-10-12-14-16-18-19-20-21-22-23-24-25-26-27-28-30-32-34-36-40-44-52(61)59-49(53(62)50(60)43-39-35-33-31-29-17-15-13-11-9-7-5-2)47-67-57-56(65)55(64)54(63)51(68-57)48-66-46-42-38-37-41-45-58-3;1-9(36)4-2-3-5-11(37)34-6-7-53-30-17(43)14(40)21(10(8-35)54-30)55-33-20(46)22(19(45)25(59-33)28(49)50)56-32-18(44)15(41)23(26(60-32)29(51)52)57-31-16(42)12(38)13(39)24(58-31)27(47)48;;;;;;;;;;;;;;;;;;;;;;;;/h49-51,53-58,60,62-65H,5,7,9,11,13,15,17,29,31,33,35,37-39,41-43,45-48H2,1-3H3,(H,59,61);10,12-26,30-33,35,38-46H,2-8H2,1H3,(H,34,37)(H,47,48)(H,49,50)(H,51,52);24*1H/t49-,50+,51?,53-,54?,55?,56?,57?;;;;;;;;;;;;;;;;;;;;;;;;;/m0........................./s1. The number of unbranched alkanes of at least 4 members (excludes halogenated alkanes) is 15. The number of nitrogens with one attached hydrogen (secondary N) is 3. The Morgan fingerprint density at radius 1 is 0.406 bits per heavy atom. The van der Waals surface area contributed by atoms with Crippen LogP contribution in [0.1, 0.15) is 190 Å². The SMILES string of the molecule is CC#CC#CC#CC#CC#CC#CC#CC#CC#CC#CC#CC#CC(=O)N[C@@H](COC1OC(COCCCCCCNC)C(O)C(O)C1O)[C@H](O)[C@H](O)CCCCCCCCCCCCCC.CC(=O)CCCCC(=O)NCCOC1OC(CO)C(OC2OC(C(=O)O)C(O)C(OC3OC(C(=O)O)C(OC4OC(C(=O)O)C(O)C(O)C4O)C(O)C3O)C2O)C(O)C1O.[HH].[HH].[HH].[HH].[HH].[HH].[HH].[HH].[HH].[HH].[HH].[HH].[HH].[HH].[HH].[HH].[HH].[HH].[HH].[HH].[HH].[HH].[HH].[HH]. The van der Waals surface area contributed by atoms with E-state index in [1.807, 2.05) is 7.05 Å². The van der Waals surface area contributed by atoms with Crippen molar-refractivity contribution >= 4 is 35.5 Å². The lowest BCUT2D eigenvalue weighted by Crippen LogP contribution is -2.68. The van der Waals surface area contributed by atoms with Crippen LogP contribution in [0.4, 0.5) is 0 Å². The molecule has 0 radical (unpaired) electrons. The Kier molecular flexibility index (Phi) is 55.2. The van der Waals surface area contributed by atoms with Crippen LogP contribution in [0.2, 0.25) is 0 Å². The number of amides is 2. The van der Waals surface area contributed by atoms with Crippen molar-refractivity contribution in [3.05, 3.63) is 0 Å². The molecule has 28 atom stereocenters. The van der Waals surface area contributed by atoms with E-state index in [9.17, 15) is 121 Å². The van der Waals surface area contributed by atoms with Gasteiger partial charge in [-0.15, -0.1) is 0 Å². The predicted octanol–water partition coefficient (Wildman–Crippen LogP) is 0.687. The summed E-state index contributed by atoms with van der Waals surface area (Å²) in [5.41, 5.74) is 0. The molecule has 38 heteroatoms. The van der Waals surface area contributed by atoms with Gasteiger partial charge in [0.15, 0.2) is 49.8 Å². The number of ketones is 1. The first-order chi connectivity index (χ1) is 61.4. The maximum absolute atomic E-state index is 12.9. The monoisotopic (exact) mass is 1850 g/mol. The number of ether oxygens (including phenoxy) is 11. The molecule has 5 fully saturated rings. The molecule has 25 unspecified atom stereocenters. The van der Waals surface area contributed by atoms with E-state index in [1.54, 1.807) is 6.92 Å². The van der Waals surface area contributed by atoms with Crippen molar-refractivity contribution < 1.29 is 207 Å². The van der Waals surface area contributed by atoms with Gasteiger partial charge in [0.1, 0.15) is 116 Å². The number of carbonyl (C=O) groups excluding carboxylic acids is 3. The van der Waals surface area contributed by atoms with Crippen LogP contribution in [0.15, 0.2) is 0 Å². The number of carboxylic acids is 3. The first kappa shape index (κ1) is 111. The van der Waals surface area contributed by atoms with E-state index >= 15 is 0 Å². The number of rotatable bonds is 47. The summed E-state index contributed by atoms with van der Waals surface area (Å²) in [5, 5.41) is 197. The lowest BCUT2D eigenvalue weighted by Gasteiger charge is -2.48. The zero-order valence-corrected chi connectivity index (χ0v) is 71.5. The van der Waals surface area contributed by atoms with Gasteiger partial charge in [0, 0.05) is 102 Å². The second-order valence-corrected chi connectivity index (χ2v) is 29.7. The van der Waals surface area contributed by atoms with Crippen molar-refractivity contribution in [2.75, 3.05) is 53.2 Å². The van der Waals surface area contributed by atoms with Crippen LogP contribution in [0, 0.1) is 142 Å². The number of carboxylic acid groups (broad SMARTS) is 3. The van der Waals surface area contributed by atoms with E-state index in [4.69, 9.17) is 52.1 Å². The normalized spacial score (nSPS) is 28.9. The number of carbonyl (C=O) groups is 6. The molecule has 5 aliphatic rings. The fourth-order valence-electron chi connectivity index (χ4n) is 13.0. The number of hydrogen-bond donors (Lipinski definition) is 21. The third kappa shape index (κ3) is 40.4. The summed E-state index contributed by atoms with van der Waals surface area (Å²) in [6.07, 6.45) is -34.0. The quantitative estimate of drug-likeness (QED) is 0.0294. The third-order valence-corrected chi connectivity index (χ3v) is 19.9. The molecule has 5 saturated heterocycles. The summed E-state index contributed by atoms with van der Waals surface area (Å²) in [5.74, 6) is 52.9. The molecule has 0 saturated carbocycles. The first-order valence-corrected chi connectivity index (χ1v) is 42.0. The molecule has 0 spiro atoms. The van der Waals surface area contributed by atoms with Crippen LogP contribution in [0.5, 0.6) is 0 Å². The molecule has 0 aromatic heterocycles. The van der Waals surface area contributed by atoms with Gasteiger partial charge in [0.25, 0.3) is 5.91 Å².